The van der Waals surface area contributed by atoms with Gasteiger partial charge in [-0.3, -0.25) is 19.5 Å². The van der Waals surface area contributed by atoms with E-state index in [0.29, 0.717) is 54.5 Å². The number of carbonyl (C=O) groups excluding carboxylic acids is 2. The van der Waals surface area contributed by atoms with Crippen LogP contribution in [0.25, 0.3) is 11.3 Å². The number of benzene rings is 1. The standard InChI is InChI=1S/C32H37ClFN7O3/c1-8-25(44)40-13-12-39(15-20(40)6)31(35-7)21-14-22(33)29(26-23(34)10-9-11-24(26)43)38-32(21)41(17-42)30-27(18(2)3)36-16-37-28(30)19(4)5/h8-11,14,16-20,43H,1,12-13,15H2,2-7H3/t20-/m0/s1. The largest absolute Gasteiger partial charge is 0.507 e. The van der Waals surface area contributed by atoms with Gasteiger partial charge < -0.3 is 14.9 Å². The van der Waals surface area contributed by atoms with Gasteiger partial charge in [-0.2, -0.15) is 0 Å². The number of carbonyl (C=O) groups is 2. The van der Waals surface area contributed by atoms with Crippen LogP contribution < -0.4 is 4.90 Å². The van der Waals surface area contributed by atoms with Crippen LogP contribution in [0.15, 0.2) is 48.2 Å². The topological polar surface area (TPSA) is 115 Å². The number of anilines is 2. The van der Waals surface area contributed by atoms with E-state index in [1.54, 1.807) is 18.0 Å². The van der Waals surface area contributed by atoms with Gasteiger partial charge in [0.2, 0.25) is 12.3 Å². The van der Waals surface area contributed by atoms with Gasteiger partial charge in [0.05, 0.1) is 38.9 Å². The summed E-state index contributed by atoms with van der Waals surface area (Å²) >= 11 is 6.78. The average Bonchev–Trinajstić information content (AvgIpc) is 2.99. The minimum atomic E-state index is -0.731. The van der Waals surface area contributed by atoms with Crippen molar-refractivity contribution in [2.45, 2.75) is 52.5 Å². The molecule has 1 saturated heterocycles. The maximum Gasteiger partial charge on any atom is 0.246 e. The van der Waals surface area contributed by atoms with E-state index in [1.807, 2.05) is 39.5 Å². The first-order valence-corrected chi connectivity index (χ1v) is 14.8. The number of halogens is 2. The Morgan fingerprint density at radius 2 is 1.86 bits per heavy atom. The first-order valence-electron chi connectivity index (χ1n) is 14.4. The van der Waals surface area contributed by atoms with E-state index in [4.69, 9.17) is 16.6 Å². The molecule has 0 saturated carbocycles. The van der Waals surface area contributed by atoms with Crippen LogP contribution in [-0.4, -0.2) is 80.7 Å². The minimum absolute atomic E-state index is 0.0437. The number of pyridine rings is 1. The molecule has 2 amide bonds. The third kappa shape index (κ3) is 6.14. The lowest BCUT2D eigenvalue weighted by molar-refractivity contribution is -0.129. The molecule has 10 nitrogen and oxygen atoms in total. The number of rotatable bonds is 8. The number of nitrogens with zero attached hydrogens (tertiary/aromatic N) is 7. The van der Waals surface area contributed by atoms with Gasteiger partial charge >= 0.3 is 0 Å². The summed E-state index contributed by atoms with van der Waals surface area (Å²) in [5.41, 5.74) is 1.84. The maximum absolute atomic E-state index is 15.2. The van der Waals surface area contributed by atoms with E-state index >= 15 is 4.39 Å². The molecule has 1 N–H and O–H groups in total. The molecular weight excluding hydrogens is 585 g/mol. The van der Waals surface area contributed by atoms with Gasteiger partial charge in [0.15, 0.2) is 5.82 Å². The molecule has 2 aromatic heterocycles. The number of amidine groups is 1. The lowest BCUT2D eigenvalue weighted by atomic mass is 10.00. The number of aromatic hydroxyl groups is 1. The second kappa shape index (κ2) is 13.5. The van der Waals surface area contributed by atoms with Crippen LogP contribution in [-0.2, 0) is 9.59 Å². The van der Waals surface area contributed by atoms with Crippen molar-refractivity contribution in [2.24, 2.45) is 4.99 Å². The Kier molecular flexibility index (Phi) is 9.98. The number of amides is 2. The van der Waals surface area contributed by atoms with Crippen LogP contribution in [0.2, 0.25) is 5.02 Å². The van der Waals surface area contributed by atoms with Crippen LogP contribution in [0.4, 0.5) is 15.9 Å². The van der Waals surface area contributed by atoms with Crippen molar-refractivity contribution >= 4 is 41.3 Å². The Hall–Kier alpha value is -4.38. The molecule has 1 aromatic carbocycles. The molecule has 1 aliphatic rings. The van der Waals surface area contributed by atoms with Gasteiger partial charge in [0.25, 0.3) is 0 Å². The monoisotopic (exact) mass is 621 g/mol. The number of phenolic OH excluding ortho intramolecular Hbond substituents is 1. The van der Waals surface area contributed by atoms with E-state index in [9.17, 15) is 14.7 Å². The molecule has 1 aliphatic heterocycles. The summed E-state index contributed by atoms with van der Waals surface area (Å²) in [5.74, 6) is -0.846. The van der Waals surface area contributed by atoms with Crippen molar-refractivity contribution in [2.75, 3.05) is 31.6 Å². The normalized spacial score (nSPS) is 15.6. The highest BCUT2D eigenvalue weighted by atomic mass is 35.5. The number of aliphatic imine (C=N–C) groups is 1. The number of aromatic nitrogens is 3. The summed E-state index contributed by atoms with van der Waals surface area (Å²) in [5, 5.41) is 10.7. The molecule has 0 unspecified atom stereocenters. The van der Waals surface area contributed by atoms with Crippen LogP contribution >= 0.6 is 11.6 Å². The molecule has 0 radical (unpaired) electrons. The van der Waals surface area contributed by atoms with Crippen molar-refractivity contribution in [1.82, 2.24) is 24.8 Å². The fraction of sp³-hybridized carbons (Fsp3) is 0.375. The molecule has 1 fully saturated rings. The second-order valence-electron chi connectivity index (χ2n) is 11.2. The van der Waals surface area contributed by atoms with Crippen molar-refractivity contribution in [3.8, 4) is 17.0 Å². The fourth-order valence-electron chi connectivity index (χ4n) is 5.48. The van der Waals surface area contributed by atoms with E-state index in [-0.39, 0.29) is 51.6 Å². The predicted octanol–water partition coefficient (Wildman–Crippen LogP) is 5.67. The Bertz CT molecular complexity index is 1560. The third-order valence-electron chi connectivity index (χ3n) is 7.57. The zero-order chi connectivity index (χ0) is 32.3. The maximum atomic E-state index is 15.2. The van der Waals surface area contributed by atoms with E-state index in [2.05, 4.69) is 21.5 Å². The Morgan fingerprint density at radius 3 is 2.39 bits per heavy atom. The Labute approximate surface area is 261 Å². The van der Waals surface area contributed by atoms with Gasteiger partial charge in [-0.15, -0.1) is 0 Å². The molecule has 0 spiro atoms. The lowest BCUT2D eigenvalue weighted by Crippen LogP contribution is -2.55. The van der Waals surface area contributed by atoms with Crippen molar-refractivity contribution in [3.63, 3.8) is 0 Å². The summed E-state index contributed by atoms with van der Waals surface area (Å²) in [7, 11) is 1.62. The van der Waals surface area contributed by atoms with E-state index < -0.39 is 5.82 Å². The Balaban J connectivity index is 2.00. The molecular formula is C32H37ClFN7O3. The number of hydrogen-bond donors (Lipinski definition) is 1. The van der Waals surface area contributed by atoms with Gasteiger partial charge in [0.1, 0.15) is 23.7 Å². The van der Waals surface area contributed by atoms with Crippen molar-refractivity contribution in [1.29, 1.82) is 0 Å². The minimum Gasteiger partial charge on any atom is -0.507 e. The van der Waals surface area contributed by atoms with Gasteiger partial charge in [-0.25, -0.2) is 19.3 Å². The van der Waals surface area contributed by atoms with E-state index in [0.717, 1.165) is 0 Å². The molecule has 232 valence electrons. The lowest BCUT2D eigenvalue weighted by Gasteiger charge is -2.41. The average molecular weight is 622 g/mol. The fourth-order valence-corrected chi connectivity index (χ4v) is 5.73. The highest BCUT2D eigenvalue weighted by molar-refractivity contribution is 6.33. The molecule has 4 rings (SSSR count). The number of hydrogen-bond acceptors (Lipinski definition) is 7. The molecule has 44 heavy (non-hydrogen) atoms. The van der Waals surface area contributed by atoms with Gasteiger partial charge in [0, 0.05) is 32.7 Å². The molecule has 12 heteroatoms. The van der Waals surface area contributed by atoms with Gasteiger partial charge in [-0.1, -0.05) is 51.9 Å². The summed E-state index contributed by atoms with van der Waals surface area (Å²) in [6, 6.07) is 5.31. The highest BCUT2D eigenvalue weighted by Gasteiger charge is 2.33. The molecule has 0 bridgehead atoms. The molecule has 3 heterocycles. The quantitative estimate of drug-likeness (QED) is 0.149. The summed E-state index contributed by atoms with van der Waals surface area (Å²) in [4.78, 5) is 49.0. The van der Waals surface area contributed by atoms with Crippen LogP contribution in [0.5, 0.6) is 5.75 Å². The van der Waals surface area contributed by atoms with Gasteiger partial charge in [-0.05, 0) is 43.0 Å². The van der Waals surface area contributed by atoms with Crippen molar-refractivity contribution in [3.05, 3.63) is 71.0 Å². The molecule has 3 aromatic rings. The predicted molar refractivity (Wildman–Crippen MR) is 170 cm³/mol. The third-order valence-corrected chi connectivity index (χ3v) is 7.86. The van der Waals surface area contributed by atoms with Crippen LogP contribution in [0.3, 0.4) is 0 Å². The van der Waals surface area contributed by atoms with Crippen LogP contribution in [0.1, 0.15) is 63.4 Å². The zero-order valence-electron chi connectivity index (χ0n) is 25.8. The summed E-state index contributed by atoms with van der Waals surface area (Å²) in [6.07, 6.45) is 3.39. The SMILES string of the molecule is C=CC(=O)N1CCN(C(=NC)c2cc(Cl)c(-c3c(O)cccc3F)nc2N(C=O)c2c(C(C)C)ncnc2C(C)C)C[C@@H]1C. The summed E-state index contributed by atoms with van der Waals surface area (Å²) < 4.78 is 15.2. The first-order chi connectivity index (χ1) is 20.9. The first kappa shape index (κ1) is 32.5. The number of phenols is 1. The highest BCUT2D eigenvalue weighted by Crippen LogP contribution is 2.42. The van der Waals surface area contributed by atoms with E-state index in [1.165, 1.54) is 35.5 Å². The number of piperazine rings is 1. The van der Waals surface area contributed by atoms with Crippen LogP contribution in [0, 0.1) is 5.82 Å². The molecule has 1 atom stereocenters. The van der Waals surface area contributed by atoms with Crippen molar-refractivity contribution < 1.29 is 19.1 Å². The summed E-state index contributed by atoms with van der Waals surface area (Å²) in [6.45, 7) is 14.7. The molecule has 0 aliphatic carbocycles. The smallest absolute Gasteiger partial charge is 0.246 e. The second-order valence-corrected chi connectivity index (χ2v) is 11.6. The zero-order valence-corrected chi connectivity index (χ0v) is 26.5. The Morgan fingerprint density at radius 1 is 1.20 bits per heavy atom.